The molecule has 3 N–H and O–H groups in total. The number of benzene rings is 1. The standard InChI is InChI=1S/C11H10F2N4O/c1-15-8-5-9(17-11(14)16-8)18-7-4-2-3-6(12)10(7)13/h2-5H,1H3,(H3,14,15,16,17). The Balaban J connectivity index is 2.34. The van der Waals surface area contributed by atoms with E-state index in [1.54, 1.807) is 7.05 Å². The minimum Gasteiger partial charge on any atom is -0.436 e. The second-order valence-electron chi connectivity index (χ2n) is 3.35. The van der Waals surface area contributed by atoms with Crippen LogP contribution in [0, 0.1) is 11.6 Å². The maximum absolute atomic E-state index is 13.4. The van der Waals surface area contributed by atoms with Gasteiger partial charge in [-0.15, -0.1) is 0 Å². The van der Waals surface area contributed by atoms with Crippen LogP contribution < -0.4 is 15.8 Å². The summed E-state index contributed by atoms with van der Waals surface area (Å²) < 4.78 is 31.5. The largest absolute Gasteiger partial charge is 0.436 e. The zero-order valence-electron chi connectivity index (χ0n) is 9.45. The van der Waals surface area contributed by atoms with Crippen LogP contribution in [0.25, 0.3) is 0 Å². The molecular formula is C11H10F2N4O. The van der Waals surface area contributed by atoms with E-state index in [1.807, 2.05) is 0 Å². The second-order valence-corrected chi connectivity index (χ2v) is 3.35. The van der Waals surface area contributed by atoms with Crippen LogP contribution in [0.4, 0.5) is 20.5 Å². The Labute approximate surface area is 102 Å². The van der Waals surface area contributed by atoms with E-state index in [0.717, 1.165) is 6.07 Å². The van der Waals surface area contributed by atoms with Gasteiger partial charge in [-0.3, -0.25) is 0 Å². The number of hydrogen-bond donors (Lipinski definition) is 2. The number of nitrogen functional groups attached to an aromatic ring is 1. The summed E-state index contributed by atoms with van der Waals surface area (Å²) in [5.74, 6) is -1.95. The van der Waals surface area contributed by atoms with Crippen LogP contribution in [0.3, 0.4) is 0 Å². The molecule has 2 rings (SSSR count). The third kappa shape index (κ3) is 2.45. The lowest BCUT2D eigenvalue weighted by molar-refractivity contribution is 0.405. The quantitative estimate of drug-likeness (QED) is 0.875. The van der Waals surface area contributed by atoms with E-state index in [2.05, 4.69) is 15.3 Å². The number of halogens is 2. The van der Waals surface area contributed by atoms with E-state index in [4.69, 9.17) is 10.5 Å². The lowest BCUT2D eigenvalue weighted by Gasteiger charge is -2.08. The topological polar surface area (TPSA) is 73.1 Å². The summed E-state index contributed by atoms with van der Waals surface area (Å²) in [6.45, 7) is 0. The second kappa shape index (κ2) is 4.82. The summed E-state index contributed by atoms with van der Waals surface area (Å²) in [5, 5.41) is 2.74. The zero-order chi connectivity index (χ0) is 13.1. The average molecular weight is 252 g/mol. The molecule has 0 aliphatic rings. The van der Waals surface area contributed by atoms with Gasteiger partial charge in [0.15, 0.2) is 11.6 Å². The van der Waals surface area contributed by atoms with Crippen molar-refractivity contribution in [1.82, 2.24) is 9.97 Å². The van der Waals surface area contributed by atoms with Crippen LogP contribution >= 0.6 is 0 Å². The molecule has 1 heterocycles. The molecule has 0 bridgehead atoms. The first kappa shape index (κ1) is 12.0. The van der Waals surface area contributed by atoms with Gasteiger partial charge in [-0.1, -0.05) is 6.07 Å². The number of anilines is 2. The lowest BCUT2D eigenvalue weighted by atomic mass is 10.3. The van der Waals surface area contributed by atoms with Gasteiger partial charge in [-0.05, 0) is 12.1 Å². The van der Waals surface area contributed by atoms with Crippen LogP contribution in [-0.2, 0) is 0 Å². The average Bonchev–Trinajstić information content (AvgIpc) is 2.34. The van der Waals surface area contributed by atoms with Crippen LogP contribution in [0.1, 0.15) is 0 Å². The van der Waals surface area contributed by atoms with Crippen LogP contribution in [0.5, 0.6) is 11.6 Å². The summed E-state index contributed by atoms with van der Waals surface area (Å²) in [7, 11) is 1.63. The molecule has 5 nitrogen and oxygen atoms in total. The predicted molar refractivity (Wildman–Crippen MR) is 62.4 cm³/mol. The molecule has 1 aromatic heterocycles. The van der Waals surface area contributed by atoms with Crippen molar-refractivity contribution in [2.24, 2.45) is 0 Å². The molecule has 2 aromatic rings. The minimum absolute atomic E-state index is 0.0244. The zero-order valence-corrected chi connectivity index (χ0v) is 9.45. The number of nitrogens with two attached hydrogens (primary N) is 1. The fourth-order valence-corrected chi connectivity index (χ4v) is 1.30. The van der Waals surface area contributed by atoms with E-state index in [1.165, 1.54) is 18.2 Å². The summed E-state index contributed by atoms with van der Waals surface area (Å²) in [5.41, 5.74) is 5.45. The molecular weight excluding hydrogens is 242 g/mol. The molecule has 0 aliphatic heterocycles. The molecule has 0 amide bonds. The number of aromatic nitrogens is 2. The van der Waals surface area contributed by atoms with Crippen molar-refractivity contribution in [3.05, 3.63) is 35.9 Å². The summed E-state index contributed by atoms with van der Waals surface area (Å²) in [6.07, 6.45) is 0. The number of hydrogen-bond acceptors (Lipinski definition) is 5. The van der Waals surface area contributed by atoms with Crippen molar-refractivity contribution in [2.45, 2.75) is 0 Å². The minimum atomic E-state index is -1.08. The van der Waals surface area contributed by atoms with Gasteiger partial charge >= 0.3 is 0 Å². The first-order valence-corrected chi connectivity index (χ1v) is 5.04. The monoisotopic (exact) mass is 252 g/mol. The smallest absolute Gasteiger partial charge is 0.226 e. The van der Waals surface area contributed by atoms with Gasteiger partial charge in [-0.2, -0.15) is 14.4 Å². The van der Waals surface area contributed by atoms with Crippen molar-refractivity contribution >= 4 is 11.8 Å². The molecule has 7 heteroatoms. The van der Waals surface area contributed by atoms with Gasteiger partial charge in [0, 0.05) is 13.1 Å². The van der Waals surface area contributed by atoms with Crippen molar-refractivity contribution < 1.29 is 13.5 Å². The Morgan fingerprint density at radius 3 is 2.78 bits per heavy atom. The fraction of sp³-hybridized carbons (Fsp3) is 0.0909. The predicted octanol–water partition coefficient (Wildman–Crippen LogP) is 2.17. The molecule has 0 atom stereocenters. The van der Waals surface area contributed by atoms with Crippen molar-refractivity contribution in [2.75, 3.05) is 18.1 Å². The summed E-state index contributed by atoms with van der Waals surface area (Å²) in [6, 6.07) is 5.03. The van der Waals surface area contributed by atoms with Crippen molar-refractivity contribution in [3.8, 4) is 11.6 Å². The van der Waals surface area contributed by atoms with Gasteiger partial charge in [0.25, 0.3) is 0 Å². The van der Waals surface area contributed by atoms with E-state index in [9.17, 15) is 8.78 Å². The lowest BCUT2D eigenvalue weighted by Crippen LogP contribution is -2.02. The molecule has 0 aliphatic carbocycles. The Morgan fingerprint density at radius 1 is 1.28 bits per heavy atom. The summed E-state index contributed by atoms with van der Waals surface area (Å²) in [4.78, 5) is 7.60. The summed E-state index contributed by atoms with van der Waals surface area (Å²) >= 11 is 0. The number of rotatable bonds is 3. The third-order valence-corrected chi connectivity index (χ3v) is 2.11. The number of ether oxygens (including phenoxy) is 1. The number of nitrogens with one attached hydrogen (secondary N) is 1. The Morgan fingerprint density at radius 2 is 2.06 bits per heavy atom. The molecule has 0 radical (unpaired) electrons. The Hall–Kier alpha value is -2.44. The molecule has 0 saturated carbocycles. The van der Waals surface area contributed by atoms with Crippen molar-refractivity contribution in [1.29, 1.82) is 0 Å². The van der Waals surface area contributed by atoms with Crippen molar-refractivity contribution in [3.63, 3.8) is 0 Å². The SMILES string of the molecule is CNc1cc(Oc2cccc(F)c2F)nc(N)n1. The first-order valence-electron chi connectivity index (χ1n) is 5.04. The third-order valence-electron chi connectivity index (χ3n) is 2.11. The molecule has 0 saturated heterocycles. The molecule has 18 heavy (non-hydrogen) atoms. The van der Waals surface area contributed by atoms with Gasteiger partial charge in [0.1, 0.15) is 5.82 Å². The van der Waals surface area contributed by atoms with E-state index < -0.39 is 11.6 Å². The highest BCUT2D eigenvalue weighted by molar-refractivity contribution is 5.43. The van der Waals surface area contributed by atoms with Crippen LogP contribution in [-0.4, -0.2) is 17.0 Å². The highest BCUT2D eigenvalue weighted by Crippen LogP contribution is 2.25. The van der Waals surface area contributed by atoms with E-state index in [-0.39, 0.29) is 17.6 Å². The normalized spacial score (nSPS) is 10.2. The van der Waals surface area contributed by atoms with Gasteiger partial charge in [-0.25, -0.2) is 4.39 Å². The van der Waals surface area contributed by atoms with Gasteiger partial charge < -0.3 is 15.8 Å². The molecule has 0 unspecified atom stereocenters. The molecule has 0 fully saturated rings. The Kier molecular flexibility index (Phi) is 3.22. The first-order chi connectivity index (χ1) is 8.60. The van der Waals surface area contributed by atoms with Gasteiger partial charge in [0.2, 0.25) is 17.6 Å². The van der Waals surface area contributed by atoms with E-state index >= 15 is 0 Å². The fourth-order valence-electron chi connectivity index (χ4n) is 1.30. The molecule has 1 aromatic carbocycles. The van der Waals surface area contributed by atoms with Crippen LogP contribution in [0.15, 0.2) is 24.3 Å². The highest BCUT2D eigenvalue weighted by atomic mass is 19.2. The number of nitrogens with zero attached hydrogens (tertiary/aromatic N) is 2. The van der Waals surface area contributed by atoms with E-state index in [0.29, 0.717) is 5.82 Å². The van der Waals surface area contributed by atoms with Crippen LogP contribution in [0.2, 0.25) is 0 Å². The van der Waals surface area contributed by atoms with Gasteiger partial charge in [0.05, 0.1) is 0 Å². The molecule has 94 valence electrons. The molecule has 0 spiro atoms. The maximum Gasteiger partial charge on any atom is 0.226 e. The highest BCUT2D eigenvalue weighted by Gasteiger charge is 2.11. The Bertz CT molecular complexity index is 577. The maximum atomic E-state index is 13.4.